The second-order valence-corrected chi connectivity index (χ2v) is 7.23. The molecule has 9 heteroatoms. The number of methoxy groups -OCH3 is 4. The fourth-order valence-corrected chi connectivity index (χ4v) is 3.84. The number of aliphatic hydroxyl groups is 1. The summed E-state index contributed by atoms with van der Waals surface area (Å²) < 4.78 is 27.7. The molecule has 0 aromatic heterocycles. The topological polar surface area (TPSA) is 98.7 Å². The molecule has 1 aromatic rings. The van der Waals surface area contributed by atoms with E-state index in [9.17, 15) is 9.90 Å². The highest BCUT2D eigenvalue weighted by Gasteiger charge is 2.40. The number of rotatable bonds is 11. The van der Waals surface area contributed by atoms with Gasteiger partial charge in [-0.3, -0.25) is 10.2 Å². The molecule has 1 aliphatic rings. The average molecular weight is 439 g/mol. The Bertz CT molecular complexity index is 737. The van der Waals surface area contributed by atoms with Gasteiger partial charge in [0.15, 0.2) is 11.5 Å². The fraction of sp³-hybridized carbons (Fsp3) is 0.591. The largest absolute Gasteiger partial charge is 0.493 e. The Hall–Kier alpha value is -2.33. The Balaban J connectivity index is 2.51. The lowest BCUT2D eigenvalue weighted by atomic mass is 9.97. The van der Waals surface area contributed by atoms with Crippen LogP contribution >= 0.6 is 0 Å². The van der Waals surface area contributed by atoms with Crippen LogP contribution in [0.2, 0.25) is 0 Å². The predicted octanol–water partition coefficient (Wildman–Crippen LogP) is 2.73. The van der Waals surface area contributed by atoms with E-state index in [0.29, 0.717) is 29.3 Å². The van der Waals surface area contributed by atoms with Gasteiger partial charge >= 0.3 is 6.09 Å². The third-order valence-electron chi connectivity index (χ3n) is 5.53. The van der Waals surface area contributed by atoms with Gasteiger partial charge in [0.25, 0.3) is 0 Å². The van der Waals surface area contributed by atoms with E-state index in [-0.39, 0.29) is 19.3 Å². The number of carbonyl (C=O) groups excluding carboxylic acids is 1. The third kappa shape index (κ3) is 5.88. The molecule has 1 aliphatic heterocycles. The van der Waals surface area contributed by atoms with Gasteiger partial charge in [-0.1, -0.05) is 19.1 Å². The first-order valence-electron chi connectivity index (χ1n) is 10.2. The Morgan fingerprint density at radius 3 is 2.48 bits per heavy atom. The van der Waals surface area contributed by atoms with E-state index in [1.54, 1.807) is 12.1 Å². The van der Waals surface area contributed by atoms with Gasteiger partial charge in [0.2, 0.25) is 5.79 Å². The van der Waals surface area contributed by atoms with Crippen LogP contribution in [0.15, 0.2) is 24.8 Å². The standard InChI is InChI=1S/C22H34N2O7/c1-6-11-31-21(26)23-18-13-20(28-3)19(27-2)12-17(18)22(29-4,30-5)15-24-10-8-7-9-16(24)14-25/h6,12-13,16,25H,1,7-11,14-15H2,2-5H3,(H,23,26)/t16-/m0/s1. The lowest BCUT2D eigenvalue weighted by molar-refractivity contribution is -0.230. The monoisotopic (exact) mass is 438 g/mol. The second kappa shape index (κ2) is 11.9. The quantitative estimate of drug-likeness (QED) is 0.402. The van der Waals surface area contributed by atoms with E-state index in [0.717, 1.165) is 25.8 Å². The van der Waals surface area contributed by atoms with Crippen LogP contribution in [0.5, 0.6) is 11.5 Å². The van der Waals surface area contributed by atoms with Crippen LogP contribution in [-0.2, 0) is 20.0 Å². The van der Waals surface area contributed by atoms with Crippen LogP contribution in [0.4, 0.5) is 10.5 Å². The van der Waals surface area contributed by atoms with Crippen molar-refractivity contribution < 1.29 is 33.6 Å². The molecule has 1 aromatic carbocycles. The molecule has 0 unspecified atom stereocenters. The zero-order valence-electron chi connectivity index (χ0n) is 18.8. The molecule has 0 saturated carbocycles. The summed E-state index contributed by atoms with van der Waals surface area (Å²) in [5.41, 5.74) is 0.931. The number of piperidine rings is 1. The number of aliphatic hydroxyl groups excluding tert-OH is 1. The van der Waals surface area contributed by atoms with Crippen molar-refractivity contribution in [3.05, 3.63) is 30.4 Å². The first kappa shape index (κ1) is 24.9. The molecule has 1 fully saturated rings. The smallest absolute Gasteiger partial charge is 0.411 e. The number of ether oxygens (including phenoxy) is 5. The molecule has 0 radical (unpaired) electrons. The summed E-state index contributed by atoms with van der Waals surface area (Å²) in [6.45, 7) is 4.81. The van der Waals surface area contributed by atoms with E-state index in [4.69, 9.17) is 23.7 Å². The van der Waals surface area contributed by atoms with Crippen LogP contribution in [0.1, 0.15) is 24.8 Å². The zero-order valence-corrected chi connectivity index (χ0v) is 18.8. The first-order chi connectivity index (χ1) is 15.0. The Morgan fingerprint density at radius 1 is 1.23 bits per heavy atom. The van der Waals surface area contributed by atoms with Gasteiger partial charge in [-0.2, -0.15) is 0 Å². The molecule has 2 rings (SSSR count). The lowest BCUT2D eigenvalue weighted by Gasteiger charge is -2.42. The molecule has 0 aliphatic carbocycles. The summed E-state index contributed by atoms with van der Waals surface area (Å²) in [7, 11) is 6.12. The van der Waals surface area contributed by atoms with Crippen LogP contribution in [0.25, 0.3) is 0 Å². The van der Waals surface area contributed by atoms with Gasteiger partial charge in [0.05, 0.1) is 33.1 Å². The first-order valence-corrected chi connectivity index (χ1v) is 10.2. The van der Waals surface area contributed by atoms with E-state index < -0.39 is 11.9 Å². The molecule has 2 N–H and O–H groups in total. The molecule has 9 nitrogen and oxygen atoms in total. The number of likely N-dealkylation sites (tertiary alicyclic amines) is 1. The number of anilines is 1. The number of carbonyl (C=O) groups is 1. The molecule has 31 heavy (non-hydrogen) atoms. The number of hydrogen-bond acceptors (Lipinski definition) is 8. The van der Waals surface area contributed by atoms with Gasteiger partial charge < -0.3 is 28.8 Å². The van der Waals surface area contributed by atoms with Crippen LogP contribution in [0, 0.1) is 0 Å². The maximum absolute atomic E-state index is 12.3. The summed E-state index contributed by atoms with van der Waals surface area (Å²) in [5, 5.41) is 12.6. The minimum absolute atomic E-state index is 0.00698. The molecule has 1 atom stereocenters. The molecule has 0 spiro atoms. The number of nitrogens with one attached hydrogen (secondary N) is 1. The fourth-order valence-electron chi connectivity index (χ4n) is 3.84. The van der Waals surface area contributed by atoms with Gasteiger partial charge in [0.1, 0.15) is 6.61 Å². The molecule has 0 bridgehead atoms. The Labute approximate surface area is 183 Å². The minimum Gasteiger partial charge on any atom is -0.493 e. The van der Waals surface area contributed by atoms with Gasteiger partial charge in [0, 0.05) is 31.9 Å². The maximum Gasteiger partial charge on any atom is 0.411 e. The van der Waals surface area contributed by atoms with Crippen molar-refractivity contribution in [2.24, 2.45) is 0 Å². The highest BCUT2D eigenvalue weighted by molar-refractivity contribution is 5.87. The van der Waals surface area contributed by atoms with Crippen LogP contribution in [0.3, 0.4) is 0 Å². The van der Waals surface area contributed by atoms with Crippen molar-refractivity contribution in [1.29, 1.82) is 0 Å². The summed E-state index contributed by atoms with van der Waals surface area (Å²) in [5.74, 6) is -0.360. The highest BCUT2D eigenvalue weighted by atomic mass is 16.7. The second-order valence-electron chi connectivity index (χ2n) is 7.23. The Kier molecular flexibility index (Phi) is 9.57. The number of hydrogen-bond donors (Lipinski definition) is 2. The van der Waals surface area contributed by atoms with Crippen molar-refractivity contribution in [2.75, 3.05) is 60.1 Å². The number of nitrogens with zero attached hydrogens (tertiary/aromatic N) is 1. The maximum atomic E-state index is 12.3. The molecule has 174 valence electrons. The minimum atomic E-state index is -1.24. The van der Waals surface area contributed by atoms with E-state index in [2.05, 4.69) is 16.8 Å². The lowest BCUT2D eigenvalue weighted by Crippen LogP contribution is -2.51. The van der Waals surface area contributed by atoms with E-state index in [1.807, 2.05) is 0 Å². The third-order valence-corrected chi connectivity index (χ3v) is 5.53. The molecule has 1 heterocycles. The average Bonchev–Trinajstić information content (AvgIpc) is 2.81. The Morgan fingerprint density at radius 2 is 1.90 bits per heavy atom. The van der Waals surface area contributed by atoms with Crippen molar-refractivity contribution in [3.63, 3.8) is 0 Å². The summed E-state index contributed by atoms with van der Waals surface area (Å²) in [4.78, 5) is 14.4. The van der Waals surface area contributed by atoms with Gasteiger partial charge in [-0.15, -0.1) is 0 Å². The molecule has 1 amide bonds. The van der Waals surface area contributed by atoms with Gasteiger partial charge in [-0.05, 0) is 25.5 Å². The number of benzene rings is 1. The van der Waals surface area contributed by atoms with E-state index >= 15 is 0 Å². The summed E-state index contributed by atoms with van der Waals surface area (Å²) in [6.07, 6.45) is 3.80. The zero-order chi connectivity index (χ0) is 22.9. The normalized spacial score (nSPS) is 17.1. The number of amides is 1. The SMILES string of the molecule is C=CCOC(=O)Nc1cc(OC)c(OC)cc1C(CN1CCCC[C@H]1CO)(OC)OC. The van der Waals surface area contributed by atoms with Crippen molar-refractivity contribution in [3.8, 4) is 11.5 Å². The summed E-state index contributed by atoms with van der Waals surface area (Å²) >= 11 is 0. The van der Waals surface area contributed by atoms with Crippen molar-refractivity contribution >= 4 is 11.8 Å². The van der Waals surface area contributed by atoms with Crippen molar-refractivity contribution in [2.45, 2.75) is 31.1 Å². The van der Waals surface area contributed by atoms with Crippen LogP contribution < -0.4 is 14.8 Å². The molecular formula is C22H34N2O7. The highest BCUT2D eigenvalue weighted by Crippen LogP contribution is 2.41. The van der Waals surface area contributed by atoms with Gasteiger partial charge in [-0.25, -0.2) is 4.79 Å². The molecule has 1 saturated heterocycles. The van der Waals surface area contributed by atoms with E-state index in [1.165, 1.54) is 34.5 Å². The summed E-state index contributed by atoms with van der Waals surface area (Å²) in [6, 6.07) is 3.36. The van der Waals surface area contributed by atoms with Crippen LogP contribution in [-0.4, -0.2) is 76.9 Å². The molecular weight excluding hydrogens is 404 g/mol. The predicted molar refractivity (Wildman–Crippen MR) is 117 cm³/mol. The van der Waals surface area contributed by atoms with Crippen molar-refractivity contribution in [1.82, 2.24) is 4.90 Å².